The molecular formula is C18H27NO. The van der Waals surface area contributed by atoms with Crippen LogP contribution in [0.25, 0.3) is 0 Å². The lowest BCUT2D eigenvalue weighted by molar-refractivity contribution is 0.243. The van der Waals surface area contributed by atoms with Gasteiger partial charge >= 0.3 is 0 Å². The van der Waals surface area contributed by atoms with Gasteiger partial charge in [-0.2, -0.15) is 0 Å². The lowest BCUT2D eigenvalue weighted by Crippen LogP contribution is -2.20. The number of hydrogen-bond donors (Lipinski definition) is 1. The Bertz CT molecular complexity index is 464. The van der Waals surface area contributed by atoms with Gasteiger partial charge in [0.1, 0.15) is 5.75 Å². The highest BCUT2D eigenvalue weighted by Crippen LogP contribution is 2.30. The van der Waals surface area contributed by atoms with E-state index in [2.05, 4.69) is 51.2 Å². The fraction of sp³-hybridized carbons (Fsp3) is 0.556. The molecule has 0 aromatic heterocycles. The Hall–Kier alpha value is -1.44. The van der Waals surface area contributed by atoms with Crippen LogP contribution in [0.5, 0.6) is 5.75 Å². The number of rotatable bonds is 5. The number of hydrogen-bond acceptors (Lipinski definition) is 2. The Balaban J connectivity index is 1.96. The number of allylic oxidation sites excluding steroid dienone is 2. The fourth-order valence-electron chi connectivity index (χ4n) is 3.07. The molecule has 0 spiro atoms. The van der Waals surface area contributed by atoms with Crippen LogP contribution in [-0.4, -0.2) is 12.6 Å². The molecule has 1 aromatic rings. The van der Waals surface area contributed by atoms with Crippen molar-refractivity contribution in [2.24, 2.45) is 11.8 Å². The number of benzene rings is 1. The largest absolute Gasteiger partial charge is 0.489 e. The summed E-state index contributed by atoms with van der Waals surface area (Å²) in [7, 11) is 0. The van der Waals surface area contributed by atoms with Crippen molar-refractivity contribution in [2.75, 3.05) is 11.9 Å². The highest BCUT2D eigenvalue weighted by Gasteiger charge is 2.18. The van der Waals surface area contributed by atoms with E-state index in [1.807, 2.05) is 12.1 Å². The van der Waals surface area contributed by atoms with Crippen molar-refractivity contribution in [3.05, 3.63) is 35.9 Å². The van der Waals surface area contributed by atoms with E-state index in [1.165, 1.54) is 18.4 Å². The highest BCUT2D eigenvalue weighted by molar-refractivity contribution is 5.56. The Kier molecular flexibility index (Phi) is 5.11. The Morgan fingerprint density at radius 3 is 2.75 bits per heavy atom. The van der Waals surface area contributed by atoms with Gasteiger partial charge in [0, 0.05) is 6.54 Å². The molecule has 20 heavy (non-hydrogen) atoms. The normalized spacial score (nSPS) is 22.6. The molecule has 0 radical (unpaired) electrons. The van der Waals surface area contributed by atoms with Crippen molar-refractivity contribution in [1.29, 1.82) is 0 Å². The van der Waals surface area contributed by atoms with Gasteiger partial charge in [-0.05, 0) is 57.6 Å². The predicted octanol–water partition coefficient (Wildman–Crippen LogP) is 4.88. The molecule has 1 N–H and O–H groups in total. The van der Waals surface area contributed by atoms with Gasteiger partial charge < -0.3 is 10.1 Å². The van der Waals surface area contributed by atoms with Gasteiger partial charge in [-0.25, -0.2) is 0 Å². The van der Waals surface area contributed by atoms with Gasteiger partial charge in [-0.15, -0.1) is 0 Å². The minimum Gasteiger partial charge on any atom is -0.489 e. The van der Waals surface area contributed by atoms with E-state index in [4.69, 9.17) is 4.74 Å². The lowest BCUT2D eigenvalue weighted by Gasteiger charge is -2.26. The molecule has 2 heteroatoms. The minimum atomic E-state index is 0.206. The molecular weight excluding hydrogens is 246 g/mol. The van der Waals surface area contributed by atoms with Crippen LogP contribution in [0.1, 0.15) is 40.5 Å². The van der Waals surface area contributed by atoms with Crippen LogP contribution in [0, 0.1) is 11.8 Å². The first-order chi connectivity index (χ1) is 9.54. The zero-order chi connectivity index (χ0) is 14.5. The number of ether oxygens (including phenoxy) is 1. The molecule has 2 rings (SSSR count). The third-order valence-corrected chi connectivity index (χ3v) is 3.72. The first-order valence-electron chi connectivity index (χ1n) is 7.71. The van der Waals surface area contributed by atoms with E-state index in [0.717, 1.165) is 23.9 Å². The Morgan fingerprint density at radius 1 is 1.30 bits per heavy atom. The predicted molar refractivity (Wildman–Crippen MR) is 86.3 cm³/mol. The average molecular weight is 273 g/mol. The molecule has 1 aliphatic carbocycles. The number of para-hydroxylation sites is 2. The summed E-state index contributed by atoms with van der Waals surface area (Å²) < 4.78 is 5.85. The third kappa shape index (κ3) is 4.29. The Labute approximate surface area is 123 Å². The summed E-state index contributed by atoms with van der Waals surface area (Å²) in [5, 5.41) is 3.58. The third-order valence-electron chi connectivity index (χ3n) is 3.72. The van der Waals surface area contributed by atoms with Crippen molar-refractivity contribution in [2.45, 2.75) is 46.6 Å². The average Bonchev–Trinajstić information content (AvgIpc) is 2.36. The lowest BCUT2D eigenvalue weighted by atomic mass is 9.84. The smallest absolute Gasteiger partial charge is 0.142 e. The maximum Gasteiger partial charge on any atom is 0.142 e. The molecule has 1 aromatic carbocycles. The van der Waals surface area contributed by atoms with E-state index in [-0.39, 0.29) is 6.10 Å². The topological polar surface area (TPSA) is 21.3 Å². The van der Waals surface area contributed by atoms with Crippen molar-refractivity contribution in [3.8, 4) is 5.75 Å². The standard InChI is InChI=1S/C18H27NO/c1-13(2)20-18-8-6-5-7-17(18)19-12-16-10-14(3)9-15(4)11-16/h5-9,13-14,16,19H,10-12H2,1-4H3. The van der Waals surface area contributed by atoms with E-state index in [1.54, 1.807) is 0 Å². The summed E-state index contributed by atoms with van der Waals surface area (Å²) in [5.41, 5.74) is 2.64. The monoisotopic (exact) mass is 273 g/mol. The summed E-state index contributed by atoms with van der Waals surface area (Å²) in [6, 6.07) is 8.23. The number of nitrogens with one attached hydrogen (secondary N) is 1. The van der Waals surface area contributed by atoms with Crippen LogP contribution in [-0.2, 0) is 0 Å². The molecule has 0 aliphatic heterocycles. The van der Waals surface area contributed by atoms with Gasteiger partial charge in [0.25, 0.3) is 0 Å². The van der Waals surface area contributed by atoms with E-state index in [9.17, 15) is 0 Å². The molecule has 0 bridgehead atoms. The van der Waals surface area contributed by atoms with Crippen molar-refractivity contribution in [3.63, 3.8) is 0 Å². The second kappa shape index (κ2) is 6.83. The van der Waals surface area contributed by atoms with Crippen molar-refractivity contribution in [1.82, 2.24) is 0 Å². The second-order valence-corrected chi connectivity index (χ2v) is 6.34. The Morgan fingerprint density at radius 2 is 2.05 bits per heavy atom. The van der Waals surface area contributed by atoms with Crippen LogP contribution in [0.15, 0.2) is 35.9 Å². The molecule has 110 valence electrons. The SMILES string of the molecule is CC1=CC(C)CC(CNc2ccccc2OC(C)C)C1. The van der Waals surface area contributed by atoms with E-state index < -0.39 is 0 Å². The molecule has 2 nitrogen and oxygen atoms in total. The van der Waals surface area contributed by atoms with E-state index in [0.29, 0.717) is 5.92 Å². The maximum absolute atomic E-state index is 5.85. The van der Waals surface area contributed by atoms with Gasteiger partial charge in [0.2, 0.25) is 0 Å². The zero-order valence-electron chi connectivity index (χ0n) is 13.1. The maximum atomic E-state index is 5.85. The van der Waals surface area contributed by atoms with Crippen LogP contribution in [0.3, 0.4) is 0 Å². The minimum absolute atomic E-state index is 0.206. The molecule has 2 unspecified atom stereocenters. The summed E-state index contributed by atoms with van der Waals surface area (Å²) in [4.78, 5) is 0. The van der Waals surface area contributed by atoms with Crippen LogP contribution in [0.4, 0.5) is 5.69 Å². The van der Waals surface area contributed by atoms with Crippen molar-refractivity contribution < 1.29 is 4.74 Å². The quantitative estimate of drug-likeness (QED) is 0.772. The van der Waals surface area contributed by atoms with Gasteiger partial charge in [0.15, 0.2) is 0 Å². The molecule has 0 saturated heterocycles. The van der Waals surface area contributed by atoms with Crippen LogP contribution in [0.2, 0.25) is 0 Å². The molecule has 0 heterocycles. The first kappa shape index (κ1) is 15.0. The van der Waals surface area contributed by atoms with E-state index >= 15 is 0 Å². The molecule has 0 fully saturated rings. The van der Waals surface area contributed by atoms with Crippen LogP contribution >= 0.6 is 0 Å². The number of anilines is 1. The summed E-state index contributed by atoms with van der Waals surface area (Å²) >= 11 is 0. The van der Waals surface area contributed by atoms with Crippen LogP contribution < -0.4 is 10.1 Å². The fourth-order valence-corrected chi connectivity index (χ4v) is 3.07. The first-order valence-corrected chi connectivity index (χ1v) is 7.71. The van der Waals surface area contributed by atoms with Gasteiger partial charge in [-0.3, -0.25) is 0 Å². The zero-order valence-corrected chi connectivity index (χ0v) is 13.1. The van der Waals surface area contributed by atoms with Crippen molar-refractivity contribution >= 4 is 5.69 Å². The summed E-state index contributed by atoms with van der Waals surface area (Å²) in [6.45, 7) is 9.71. The molecule has 0 saturated carbocycles. The molecule has 0 amide bonds. The molecule has 2 atom stereocenters. The summed E-state index contributed by atoms with van der Waals surface area (Å²) in [5.74, 6) is 2.39. The second-order valence-electron chi connectivity index (χ2n) is 6.34. The highest BCUT2D eigenvalue weighted by atomic mass is 16.5. The molecule has 1 aliphatic rings. The van der Waals surface area contributed by atoms with Gasteiger partial charge in [0.05, 0.1) is 11.8 Å². The summed E-state index contributed by atoms with van der Waals surface area (Å²) in [6.07, 6.45) is 5.10. The van der Waals surface area contributed by atoms with Gasteiger partial charge in [-0.1, -0.05) is 30.7 Å².